The SMILES string of the molecule is CN1C[C@H]([C@@H](c2ccccc2)c2cn(C)c3cnccc23)n2ncc(=O)c(O)c2C1=O. The molecule has 1 amide bonds. The number of carbonyl (C=O) groups is 1. The summed E-state index contributed by atoms with van der Waals surface area (Å²) in [5.74, 6) is -1.17. The molecule has 1 N–H and O–H groups in total. The molecule has 0 radical (unpaired) electrons. The van der Waals surface area contributed by atoms with Crippen LogP contribution in [0.5, 0.6) is 5.75 Å². The molecule has 0 saturated heterocycles. The van der Waals surface area contributed by atoms with E-state index in [9.17, 15) is 14.7 Å². The van der Waals surface area contributed by atoms with Crippen LogP contribution in [0, 0.1) is 0 Å². The lowest BCUT2D eigenvalue weighted by Crippen LogP contribution is -2.45. The molecular weight excluding hydrogens is 394 g/mol. The highest BCUT2D eigenvalue weighted by molar-refractivity contribution is 5.95. The monoisotopic (exact) mass is 415 g/mol. The maximum absolute atomic E-state index is 12.8. The number of rotatable bonds is 3. The third-order valence-electron chi connectivity index (χ3n) is 6.01. The van der Waals surface area contributed by atoms with Crippen LogP contribution in [-0.2, 0) is 7.05 Å². The van der Waals surface area contributed by atoms with Crippen LogP contribution in [0.2, 0.25) is 0 Å². The van der Waals surface area contributed by atoms with Crippen molar-refractivity contribution < 1.29 is 9.90 Å². The molecule has 0 aliphatic carbocycles. The Bertz CT molecular complexity index is 1360. The molecule has 8 heteroatoms. The first-order valence-electron chi connectivity index (χ1n) is 9.97. The summed E-state index contributed by atoms with van der Waals surface area (Å²) in [7, 11) is 3.64. The van der Waals surface area contributed by atoms with Gasteiger partial charge in [0.15, 0.2) is 11.4 Å². The van der Waals surface area contributed by atoms with Crippen molar-refractivity contribution in [1.29, 1.82) is 0 Å². The van der Waals surface area contributed by atoms with Crippen molar-refractivity contribution >= 4 is 16.8 Å². The van der Waals surface area contributed by atoms with Crippen molar-refractivity contribution in [2.24, 2.45) is 7.05 Å². The molecule has 31 heavy (non-hydrogen) atoms. The van der Waals surface area contributed by atoms with Gasteiger partial charge in [-0.3, -0.25) is 19.3 Å². The Morgan fingerprint density at radius 3 is 2.65 bits per heavy atom. The zero-order valence-corrected chi connectivity index (χ0v) is 17.1. The number of fused-ring (bicyclic) bond motifs is 2. The number of carbonyl (C=O) groups excluding carboxylic acids is 1. The molecule has 0 unspecified atom stereocenters. The second-order valence-electron chi connectivity index (χ2n) is 7.88. The summed E-state index contributed by atoms with van der Waals surface area (Å²) in [5, 5.41) is 15.8. The number of hydrogen-bond acceptors (Lipinski definition) is 5. The summed E-state index contributed by atoms with van der Waals surface area (Å²) in [5.41, 5.74) is 2.36. The van der Waals surface area contributed by atoms with Crippen LogP contribution >= 0.6 is 0 Å². The molecule has 1 aliphatic heterocycles. The molecule has 1 aliphatic rings. The molecule has 2 atom stereocenters. The standard InChI is InChI=1S/C23H21N5O3/c1-26-12-16(15-8-9-24-10-17(15)26)20(14-6-4-3-5-7-14)18-13-27(2)23(31)21-22(30)19(29)11-25-28(18)21/h3-12,18,20,30H,13H2,1-2H3/t18-,20+/m1/s1. The minimum atomic E-state index is -0.666. The van der Waals surface area contributed by atoms with Gasteiger partial charge in [0, 0.05) is 44.3 Å². The van der Waals surface area contributed by atoms with Crippen molar-refractivity contribution in [1.82, 2.24) is 24.2 Å². The number of aromatic hydroxyl groups is 1. The summed E-state index contributed by atoms with van der Waals surface area (Å²) in [6.45, 7) is 0.377. The topological polar surface area (TPSA) is 93.2 Å². The maximum Gasteiger partial charge on any atom is 0.275 e. The van der Waals surface area contributed by atoms with E-state index in [0.29, 0.717) is 6.54 Å². The van der Waals surface area contributed by atoms with Crippen LogP contribution in [0.1, 0.15) is 33.6 Å². The second-order valence-corrected chi connectivity index (χ2v) is 7.88. The molecule has 3 aromatic heterocycles. The van der Waals surface area contributed by atoms with Crippen LogP contribution in [0.3, 0.4) is 0 Å². The quantitative estimate of drug-likeness (QED) is 0.554. The third kappa shape index (κ3) is 2.91. The van der Waals surface area contributed by atoms with Gasteiger partial charge < -0.3 is 14.6 Å². The molecule has 1 aromatic carbocycles. The average molecular weight is 415 g/mol. The first-order valence-corrected chi connectivity index (χ1v) is 9.97. The fourth-order valence-electron chi connectivity index (χ4n) is 4.55. The second kappa shape index (κ2) is 7.09. The van der Waals surface area contributed by atoms with Crippen LogP contribution in [0.15, 0.2) is 66.0 Å². The highest BCUT2D eigenvalue weighted by Crippen LogP contribution is 2.41. The normalized spacial score (nSPS) is 17.0. The fraction of sp³-hybridized carbons (Fsp3) is 0.217. The molecular formula is C23H21N5O3. The van der Waals surface area contributed by atoms with Crippen molar-refractivity contribution in [3.05, 3.63) is 88.2 Å². The summed E-state index contributed by atoms with van der Waals surface area (Å²) < 4.78 is 3.54. The first kappa shape index (κ1) is 19.0. The van der Waals surface area contributed by atoms with Gasteiger partial charge >= 0.3 is 0 Å². The van der Waals surface area contributed by atoms with Gasteiger partial charge in [-0.25, -0.2) is 0 Å². The molecule has 0 bridgehead atoms. The number of aryl methyl sites for hydroxylation is 1. The number of nitrogens with zero attached hydrogens (tertiary/aromatic N) is 5. The lowest BCUT2D eigenvalue weighted by molar-refractivity contribution is 0.0686. The third-order valence-corrected chi connectivity index (χ3v) is 6.01. The van der Waals surface area contributed by atoms with Crippen LogP contribution in [0.25, 0.3) is 10.9 Å². The Morgan fingerprint density at radius 1 is 1.10 bits per heavy atom. The van der Waals surface area contributed by atoms with E-state index in [-0.39, 0.29) is 17.7 Å². The van der Waals surface area contributed by atoms with E-state index in [1.807, 2.05) is 54.2 Å². The number of likely N-dealkylation sites (N-methyl/N-ethyl adjacent to an activating group) is 1. The molecule has 0 fully saturated rings. The molecule has 0 spiro atoms. The van der Waals surface area contributed by atoms with E-state index in [0.717, 1.165) is 28.2 Å². The van der Waals surface area contributed by atoms with Crippen molar-refractivity contribution in [3.8, 4) is 5.75 Å². The highest BCUT2D eigenvalue weighted by Gasteiger charge is 2.39. The van der Waals surface area contributed by atoms with Crippen molar-refractivity contribution in [2.45, 2.75) is 12.0 Å². The van der Waals surface area contributed by atoms with E-state index in [1.165, 1.54) is 9.58 Å². The molecule has 0 saturated carbocycles. The molecule has 156 valence electrons. The largest absolute Gasteiger partial charge is 0.502 e. The van der Waals surface area contributed by atoms with Gasteiger partial charge in [0.2, 0.25) is 5.43 Å². The lowest BCUT2D eigenvalue weighted by atomic mass is 9.83. The summed E-state index contributed by atoms with van der Waals surface area (Å²) >= 11 is 0. The smallest absolute Gasteiger partial charge is 0.275 e. The van der Waals surface area contributed by atoms with E-state index in [4.69, 9.17) is 0 Å². The van der Waals surface area contributed by atoms with Gasteiger partial charge in [0.1, 0.15) is 0 Å². The zero-order chi connectivity index (χ0) is 21.7. The van der Waals surface area contributed by atoms with E-state index >= 15 is 0 Å². The number of benzene rings is 1. The number of hydrogen-bond donors (Lipinski definition) is 1. The number of pyridine rings is 1. The Hall–Kier alpha value is -3.94. The Labute approximate surface area is 178 Å². The Balaban J connectivity index is 1.80. The van der Waals surface area contributed by atoms with Crippen molar-refractivity contribution in [3.63, 3.8) is 0 Å². The van der Waals surface area contributed by atoms with Crippen LogP contribution in [-0.4, -0.2) is 48.8 Å². The molecule has 8 nitrogen and oxygen atoms in total. The lowest BCUT2D eigenvalue weighted by Gasteiger charge is -2.37. The predicted molar refractivity (Wildman–Crippen MR) is 115 cm³/mol. The Morgan fingerprint density at radius 2 is 1.87 bits per heavy atom. The van der Waals surface area contributed by atoms with Gasteiger partial charge in [0.05, 0.1) is 24.0 Å². The molecule has 4 heterocycles. The minimum Gasteiger partial charge on any atom is -0.502 e. The van der Waals surface area contributed by atoms with Gasteiger partial charge in [0.25, 0.3) is 5.91 Å². The van der Waals surface area contributed by atoms with Gasteiger partial charge in [-0.05, 0) is 17.2 Å². The van der Waals surface area contributed by atoms with E-state index in [1.54, 1.807) is 13.2 Å². The van der Waals surface area contributed by atoms with Crippen LogP contribution in [0.4, 0.5) is 0 Å². The predicted octanol–water partition coefficient (Wildman–Crippen LogP) is 2.29. The number of amides is 1. The highest BCUT2D eigenvalue weighted by atomic mass is 16.3. The Kier molecular flexibility index (Phi) is 4.35. The van der Waals surface area contributed by atoms with Gasteiger partial charge in [-0.2, -0.15) is 5.10 Å². The maximum atomic E-state index is 12.8. The van der Waals surface area contributed by atoms with Crippen LogP contribution < -0.4 is 5.43 Å². The first-order chi connectivity index (χ1) is 15.0. The summed E-state index contributed by atoms with van der Waals surface area (Å²) in [4.78, 5) is 30.6. The average Bonchev–Trinajstić information content (AvgIpc) is 3.11. The van der Waals surface area contributed by atoms with E-state index in [2.05, 4.69) is 16.3 Å². The van der Waals surface area contributed by atoms with E-state index < -0.39 is 17.1 Å². The number of aromatic nitrogens is 4. The molecule has 4 aromatic rings. The van der Waals surface area contributed by atoms with Gasteiger partial charge in [-0.1, -0.05) is 30.3 Å². The fourth-order valence-corrected chi connectivity index (χ4v) is 4.55. The minimum absolute atomic E-state index is 0.0749. The summed E-state index contributed by atoms with van der Waals surface area (Å²) in [6.07, 6.45) is 6.73. The van der Waals surface area contributed by atoms with Gasteiger partial charge in [-0.15, -0.1) is 0 Å². The molecule has 5 rings (SSSR count). The van der Waals surface area contributed by atoms with Crippen molar-refractivity contribution in [2.75, 3.05) is 13.6 Å². The summed E-state index contributed by atoms with van der Waals surface area (Å²) in [6, 6.07) is 11.7. The zero-order valence-electron chi connectivity index (χ0n) is 17.1.